The van der Waals surface area contributed by atoms with Gasteiger partial charge in [0.1, 0.15) is 10.7 Å². The van der Waals surface area contributed by atoms with Crippen LogP contribution in [0.15, 0.2) is 10.8 Å². The highest BCUT2D eigenvalue weighted by molar-refractivity contribution is 7.18. The quantitative estimate of drug-likeness (QED) is 0.790. The molecule has 0 bridgehead atoms. The average molecular weight is 322 g/mol. The van der Waals surface area contributed by atoms with Gasteiger partial charge in [-0.25, -0.2) is 4.98 Å². The third kappa shape index (κ3) is 3.19. The van der Waals surface area contributed by atoms with Crippen LogP contribution in [0.3, 0.4) is 0 Å². The van der Waals surface area contributed by atoms with Gasteiger partial charge in [-0.15, -0.1) is 0 Å². The van der Waals surface area contributed by atoms with Gasteiger partial charge in [-0.05, 0) is 48.1 Å². The van der Waals surface area contributed by atoms with E-state index in [1.807, 2.05) is 6.92 Å². The normalized spacial score (nSPS) is 14.7. The van der Waals surface area contributed by atoms with Gasteiger partial charge in [0.25, 0.3) is 5.91 Å². The van der Waals surface area contributed by atoms with Gasteiger partial charge < -0.3 is 16.4 Å². The lowest BCUT2D eigenvalue weighted by molar-refractivity contribution is 0.0955. The van der Waals surface area contributed by atoms with Crippen molar-refractivity contribution in [3.8, 4) is 0 Å². The molecule has 1 aliphatic rings. The lowest BCUT2D eigenvalue weighted by atomic mass is 9.93. The lowest BCUT2D eigenvalue weighted by Crippen LogP contribution is -2.26. The van der Waals surface area contributed by atoms with Crippen molar-refractivity contribution >= 4 is 39.5 Å². The Labute approximate surface area is 131 Å². The molecular weight excluding hydrogens is 304 g/mol. The van der Waals surface area contributed by atoms with Gasteiger partial charge in [0.15, 0.2) is 5.13 Å². The van der Waals surface area contributed by atoms with E-state index in [1.165, 1.54) is 36.2 Å². The number of carbonyl (C=O) groups excluding carboxylic acids is 1. The second-order valence-electron chi connectivity index (χ2n) is 5.27. The van der Waals surface area contributed by atoms with Crippen LogP contribution in [0.4, 0.5) is 10.9 Å². The first-order valence-corrected chi connectivity index (χ1v) is 8.72. The number of carbonyl (C=O) groups is 1. The average Bonchev–Trinajstić information content (AvgIpc) is 2.97. The topological polar surface area (TPSA) is 80.0 Å². The Morgan fingerprint density at radius 2 is 2.29 bits per heavy atom. The van der Waals surface area contributed by atoms with Crippen molar-refractivity contribution in [2.45, 2.75) is 38.8 Å². The van der Waals surface area contributed by atoms with Crippen LogP contribution in [-0.4, -0.2) is 16.9 Å². The summed E-state index contributed by atoms with van der Waals surface area (Å²) < 4.78 is 0. The molecule has 1 amide bonds. The molecule has 1 aliphatic carbocycles. The number of nitrogens with one attached hydrogen (secondary N) is 2. The molecule has 0 aliphatic heterocycles. The van der Waals surface area contributed by atoms with Crippen LogP contribution in [0.25, 0.3) is 0 Å². The summed E-state index contributed by atoms with van der Waals surface area (Å²) in [7, 11) is 0. The highest BCUT2D eigenvalue weighted by Crippen LogP contribution is 2.29. The highest BCUT2D eigenvalue weighted by Gasteiger charge is 2.21. The van der Waals surface area contributed by atoms with Crippen molar-refractivity contribution in [2.24, 2.45) is 0 Å². The minimum Gasteiger partial charge on any atom is -0.382 e. The number of nitrogens with zero attached hydrogens (tertiary/aromatic N) is 1. The number of amides is 1. The SMILES string of the molecule is Cc1cscc1CNC(=O)c1sc(NC2CCC2)nc1N. The van der Waals surface area contributed by atoms with Crippen molar-refractivity contribution in [1.82, 2.24) is 10.3 Å². The van der Waals surface area contributed by atoms with Gasteiger partial charge in [0, 0.05) is 12.6 Å². The third-order valence-electron chi connectivity index (χ3n) is 3.69. The van der Waals surface area contributed by atoms with Gasteiger partial charge in [-0.1, -0.05) is 11.3 Å². The molecule has 112 valence electrons. The van der Waals surface area contributed by atoms with Crippen molar-refractivity contribution in [1.29, 1.82) is 0 Å². The maximum atomic E-state index is 12.2. The fourth-order valence-corrected chi connectivity index (χ4v) is 3.84. The predicted octanol–water partition coefficient (Wildman–Crippen LogP) is 2.99. The number of thiazole rings is 1. The summed E-state index contributed by atoms with van der Waals surface area (Å²) in [5.74, 6) is 0.152. The molecule has 1 fully saturated rings. The first kappa shape index (κ1) is 14.3. The van der Waals surface area contributed by atoms with Crippen LogP contribution in [0.1, 0.15) is 40.1 Å². The first-order chi connectivity index (χ1) is 10.1. The third-order valence-corrected chi connectivity index (χ3v) is 5.60. The zero-order valence-electron chi connectivity index (χ0n) is 11.8. The van der Waals surface area contributed by atoms with E-state index in [9.17, 15) is 4.79 Å². The highest BCUT2D eigenvalue weighted by atomic mass is 32.1. The van der Waals surface area contributed by atoms with E-state index in [0.717, 1.165) is 10.7 Å². The van der Waals surface area contributed by atoms with Crippen LogP contribution < -0.4 is 16.4 Å². The fraction of sp³-hybridized carbons (Fsp3) is 0.429. The Morgan fingerprint density at radius 3 is 2.90 bits per heavy atom. The minimum atomic E-state index is -0.155. The van der Waals surface area contributed by atoms with Gasteiger partial charge in [-0.2, -0.15) is 11.3 Å². The second-order valence-corrected chi connectivity index (χ2v) is 7.01. The maximum absolute atomic E-state index is 12.2. The molecule has 21 heavy (non-hydrogen) atoms. The summed E-state index contributed by atoms with van der Waals surface area (Å²) >= 11 is 2.97. The Balaban J connectivity index is 1.62. The zero-order chi connectivity index (χ0) is 14.8. The van der Waals surface area contributed by atoms with Crippen molar-refractivity contribution in [3.63, 3.8) is 0 Å². The lowest BCUT2D eigenvalue weighted by Gasteiger charge is -2.25. The smallest absolute Gasteiger partial charge is 0.265 e. The molecule has 0 aromatic carbocycles. The molecule has 2 aromatic heterocycles. The number of nitrogens with two attached hydrogens (primary N) is 1. The minimum absolute atomic E-state index is 0.155. The predicted molar refractivity (Wildman–Crippen MR) is 88.0 cm³/mol. The summed E-state index contributed by atoms with van der Waals surface area (Å²) in [4.78, 5) is 16.9. The van der Waals surface area contributed by atoms with Crippen LogP contribution in [-0.2, 0) is 6.54 Å². The number of thiophene rings is 1. The van der Waals surface area contributed by atoms with E-state index in [-0.39, 0.29) is 5.91 Å². The Bertz CT molecular complexity index is 645. The van der Waals surface area contributed by atoms with E-state index in [2.05, 4.69) is 26.4 Å². The van der Waals surface area contributed by atoms with E-state index in [1.54, 1.807) is 11.3 Å². The first-order valence-electron chi connectivity index (χ1n) is 6.96. The monoisotopic (exact) mass is 322 g/mol. The summed E-state index contributed by atoms with van der Waals surface area (Å²) in [5.41, 5.74) is 8.20. The molecule has 2 aromatic rings. The summed E-state index contributed by atoms with van der Waals surface area (Å²) in [6, 6.07) is 0.486. The Morgan fingerprint density at radius 1 is 1.48 bits per heavy atom. The van der Waals surface area contributed by atoms with Crippen LogP contribution >= 0.6 is 22.7 Å². The number of rotatable bonds is 5. The largest absolute Gasteiger partial charge is 0.382 e. The molecule has 7 heteroatoms. The van der Waals surface area contributed by atoms with E-state index in [4.69, 9.17) is 5.73 Å². The number of hydrogen-bond acceptors (Lipinski definition) is 6. The fourth-order valence-electron chi connectivity index (χ4n) is 2.11. The van der Waals surface area contributed by atoms with Gasteiger partial charge in [0.05, 0.1) is 0 Å². The van der Waals surface area contributed by atoms with Crippen molar-refractivity contribution < 1.29 is 4.79 Å². The summed E-state index contributed by atoms with van der Waals surface area (Å²) in [5, 5.41) is 11.1. The van der Waals surface area contributed by atoms with E-state index < -0.39 is 0 Å². The van der Waals surface area contributed by atoms with Crippen LogP contribution in [0.2, 0.25) is 0 Å². The number of hydrogen-bond donors (Lipinski definition) is 3. The van der Waals surface area contributed by atoms with Gasteiger partial charge in [0.2, 0.25) is 0 Å². The molecule has 0 unspecified atom stereocenters. The molecule has 2 heterocycles. The molecule has 1 saturated carbocycles. The molecule has 0 atom stereocenters. The van der Waals surface area contributed by atoms with Crippen molar-refractivity contribution in [2.75, 3.05) is 11.1 Å². The number of aromatic nitrogens is 1. The molecule has 5 nitrogen and oxygen atoms in total. The number of aryl methyl sites for hydroxylation is 1. The molecule has 0 radical (unpaired) electrons. The molecule has 0 saturated heterocycles. The van der Waals surface area contributed by atoms with Gasteiger partial charge in [-0.3, -0.25) is 4.79 Å². The second kappa shape index (κ2) is 6.03. The van der Waals surface area contributed by atoms with Crippen molar-refractivity contribution in [3.05, 3.63) is 26.8 Å². The number of nitrogen functional groups attached to an aromatic ring is 1. The number of anilines is 2. The zero-order valence-corrected chi connectivity index (χ0v) is 13.4. The maximum Gasteiger partial charge on any atom is 0.265 e. The molecule has 0 spiro atoms. The van der Waals surface area contributed by atoms with Crippen LogP contribution in [0.5, 0.6) is 0 Å². The molecular formula is C14H18N4OS2. The standard InChI is InChI=1S/C14H18N4OS2/c1-8-6-20-7-9(8)5-16-13(19)11-12(15)18-14(21-11)17-10-3-2-4-10/h6-7,10H,2-5,15H2,1H3,(H,16,19)(H,17,18). The molecule has 4 N–H and O–H groups in total. The molecule has 3 rings (SSSR count). The van der Waals surface area contributed by atoms with E-state index >= 15 is 0 Å². The van der Waals surface area contributed by atoms with E-state index in [0.29, 0.717) is 23.3 Å². The summed E-state index contributed by atoms with van der Waals surface area (Å²) in [6.07, 6.45) is 3.59. The van der Waals surface area contributed by atoms with Crippen LogP contribution in [0, 0.1) is 6.92 Å². The summed E-state index contributed by atoms with van der Waals surface area (Å²) in [6.45, 7) is 2.57. The van der Waals surface area contributed by atoms with Gasteiger partial charge >= 0.3 is 0 Å². The Hall–Kier alpha value is -1.60. The Kier molecular flexibility index (Phi) is 4.12.